The van der Waals surface area contributed by atoms with Gasteiger partial charge in [0.15, 0.2) is 0 Å². The summed E-state index contributed by atoms with van der Waals surface area (Å²) in [4.78, 5) is 2.35. The molecule has 3 heteroatoms. The van der Waals surface area contributed by atoms with Gasteiger partial charge in [-0.05, 0) is 43.0 Å². The van der Waals surface area contributed by atoms with E-state index in [1.165, 1.54) is 25.3 Å². The molecule has 1 aliphatic rings. The van der Waals surface area contributed by atoms with Crippen LogP contribution in [-0.4, -0.2) is 24.0 Å². The van der Waals surface area contributed by atoms with Gasteiger partial charge in [0.1, 0.15) is 5.82 Å². The van der Waals surface area contributed by atoms with Gasteiger partial charge in [-0.25, -0.2) is 4.39 Å². The Kier molecular flexibility index (Phi) is 4.50. The molecule has 1 aromatic rings. The molecular formula is C17H27FN2. The number of likely N-dealkylation sites (N-methyl/N-ethyl adjacent to an activating group) is 1. The minimum atomic E-state index is -0.166. The van der Waals surface area contributed by atoms with Gasteiger partial charge in [-0.1, -0.05) is 38.8 Å². The first-order valence-corrected chi connectivity index (χ1v) is 7.57. The van der Waals surface area contributed by atoms with Crippen LogP contribution in [0.15, 0.2) is 24.3 Å². The Morgan fingerprint density at radius 2 is 1.95 bits per heavy atom. The van der Waals surface area contributed by atoms with Gasteiger partial charge < -0.3 is 5.73 Å². The number of hydrogen-bond acceptors (Lipinski definition) is 2. The Labute approximate surface area is 122 Å². The van der Waals surface area contributed by atoms with E-state index in [4.69, 9.17) is 5.73 Å². The normalized spacial score (nSPS) is 25.9. The Balaban J connectivity index is 2.22. The molecule has 2 rings (SSSR count). The Hall–Kier alpha value is -0.930. The van der Waals surface area contributed by atoms with E-state index < -0.39 is 0 Å². The maximum atomic E-state index is 13.3. The molecule has 0 saturated heterocycles. The van der Waals surface area contributed by atoms with Gasteiger partial charge in [-0.3, -0.25) is 4.90 Å². The standard InChI is InChI=1S/C17H27FN2/c1-16(2)9-4-5-10-17(16,13-19)20(3)12-14-7-6-8-15(18)11-14/h6-8,11H,4-5,9-10,12-13,19H2,1-3H3. The van der Waals surface area contributed by atoms with E-state index >= 15 is 0 Å². The molecular weight excluding hydrogens is 251 g/mol. The fraction of sp³-hybridized carbons (Fsp3) is 0.647. The third-order valence-corrected chi connectivity index (χ3v) is 5.28. The summed E-state index contributed by atoms with van der Waals surface area (Å²) in [5.74, 6) is -0.166. The third kappa shape index (κ3) is 2.75. The minimum Gasteiger partial charge on any atom is -0.329 e. The molecule has 1 fully saturated rings. The Morgan fingerprint density at radius 1 is 1.25 bits per heavy atom. The molecule has 1 atom stereocenters. The fourth-order valence-electron chi connectivity index (χ4n) is 3.86. The lowest BCUT2D eigenvalue weighted by Crippen LogP contribution is -2.62. The number of nitrogens with zero attached hydrogens (tertiary/aromatic N) is 1. The maximum Gasteiger partial charge on any atom is 0.123 e. The van der Waals surface area contributed by atoms with Crippen LogP contribution in [0.2, 0.25) is 0 Å². The van der Waals surface area contributed by atoms with Crippen molar-refractivity contribution in [3.8, 4) is 0 Å². The van der Waals surface area contributed by atoms with Crippen LogP contribution in [-0.2, 0) is 6.54 Å². The number of rotatable bonds is 4. The lowest BCUT2D eigenvalue weighted by atomic mass is 9.62. The van der Waals surface area contributed by atoms with Crippen molar-refractivity contribution in [1.82, 2.24) is 4.90 Å². The number of nitrogens with two attached hydrogens (primary N) is 1. The van der Waals surface area contributed by atoms with Crippen molar-refractivity contribution in [1.29, 1.82) is 0 Å². The minimum absolute atomic E-state index is 0.0115. The molecule has 1 aliphatic carbocycles. The van der Waals surface area contributed by atoms with Crippen molar-refractivity contribution in [2.24, 2.45) is 11.1 Å². The molecule has 0 heterocycles. The predicted molar refractivity (Wildman–Crippen MR) is 81.9 cm³/mol. The highest BCUT2D eigenvalue weighted by molar-refractivity contribution is 5.17. The summed E-state index contributed by atoms with van der Waals surface area (Å²) in [6.07, 6.45) is 4.84. The first-order chi connectivity index (χ1) is 9.41. The Morgan fingerprint density at radius 3 is 2.55 bits per heavy atom. The van der Waals surface area contributed by atoms with Crippen LogP contribution < -0.4 is 5.73 Å². The van der Waals surface area contributed by atoms with Crippen molar-refractivity contribution < 1.29 is 4.39 Å². The highest BCUT2D eigenvalue weighted by atomic mass is 19.1. The third-order valence-electron chi connectivity index (χ3n) is 5.28. The molecule has 0 radical (unpaired) electrons. The van der Waals surface area contributed by atoms with Crippen molar-refractivity contribution >= 4 is 0 Å². The number of benzene rings is 1. The molecule has 0 aliphatic heterocycles. The van der Waals surface area contributed by atoms with E-state index in [-0.39, 0.29) is 16.8 Å². The van der Waals surface area contributed by atoms with Crippen molar-refractivity contribution in [3.63, 3.8) is 0 Å². The predicted octanol–water partition coefficient (Wildman–Crippen LogP) is 3.56. The molecule has 1 saturated carbocycles. The topological polar surface area (TPSA) is 29.3 Å². The fourth-order valence-corrected chi connectivity index (χ4v) is 3.86. The van der Waals surface area contributed by atoms with Gasteiger partial charge in [0.05, 0.1) is 0 Å². The van der Waals surface area contributed by atoms with Crippen LogP contribution >= 0.6 is 0 Å². The second-order valence-corrected chi connectivity index (χ2v) is 6.81. The van der Waals surface area contributed by atoms with E-state index in [1.54, 1.807) is 12.1 Å². The molecule has 20 heavy (non-hydrogen) atoms. The highest BCUT2D eigenvalue weighted by Crippen LogP contribution is 2.46. The molecule has 0 aromatic heterocycles. The van der Waals surface area contributed by atoms with Gasteiger partial charge in [-0.15, -0.1) is 0 Å². The number of hydrogen-bond donors (Lipinski definition) is 1. The van der Waals surface area contributed by atoms with Gasteiger partial charge in [-0.2, -0.15) is 0 Å². The van der Waals surface area contributed by atoms with Crippen LogP contribution in [0.1, 0.15) is 45.1 Å². The van der Waals surface area contributed by atoms with Gasteiger partial charge in [0, 0.05) is 18.6 Å². The lowest BCUT2D eigenvalue weighted by molar-refractivity contribution is -0.0335. The molecule has 112 valence electrons. The molecule has 2 nitrogen and oxygen atoms in total. The van der Waals surface area contributed by atoms with Crippen LogP contribution in [0.4, 0.5) is 4.39 Å². The molecule has 1 aromatic carbocycles. The second-order valence-electron chi connectivity index (χ2n) is 6.81. The molecule has 0 amide bonds. The van der Waals surface area contributed by atoms with E-state index in [1.807, 2.05) is 6.07 Å². The molecule has 2 N–H and O–H groups in total. The van der Waals surface area contributed by atoms with Gasteiger partial charge in [0.2, 0.25) is 0 Å². The lowest BCUT2D eigenvalue weighted by Gasteiger charge is -2.55. The van der Waals surface area contributed by atoms with Gasteiger partial charge >= 0.3 is 0 Å². The van der Waals surface area contributed by atoms with Crippen LogP contribution in [0, 0.1) is 11.2 Å². The van der Waals surface area contributed by atoms with E-state index in [2.05, 4.69) is 25.8 Å². The van der Waals surface area contributed by atoms with E-state index in [9.17, 15) is 4.39 Å². The summed E-state index contributed by atoms with van der Waals surface area (Å²) < 4.78 is 13.3. The highest BCUT2D eigenvalue weighted by Gasteiger charge is 2.48. The van der Waals surface area contributed by atoms with Crippen molar-refractivity contribution in [3.05, 3.63) is 35.6 Å². The average molecular weight is 278 g/mol. The zero-order chi connectivity index (χ0) is 14.8. The van der Waals surface area contributed by atoms with Crippen LogP contribution in [0.5, 0.6) is 0 Å². The summed E-state index contributed by atoms with van der Waals surface area (Å²) in [5, 5.41) is 0. The van der Waals surface area contributed by atoms with E-state index in [0.717, 1.165) is 18.5 Å². The summed E-state index contributed by atoms with van der Waals surface area (Å²) in [7, 11) is 2.13. The zero-order valence-electron chi connectivity index (χ0n) is 13.0. The Bertz CT molecular complexity index is 458. The second kappa shape index (κ2) is 5.82. The SMILES string of the molecule is CN(Cc1cccc(F)c1)C1(CN)CCCCC1(C)C. The molecule has 0 spiro atoms. The monoisotopic (exact) mass is 278 g/mol. The maximum absolute atomic E-state index is 13.3. The first kappa shape index (κ1) is 15.5. The quantitative estimate of drug-likeness (QED) is 0.912. The van der Waals surface area contributed by atoms with Gasteiger partial charge in [0.25, 0.3) is 0 Å². The van der Waals surface area contributed by atoms with E-state index in [0.29, 0.717) is 6.54 Å². The summed E-state index contributed by atoms with van der Waals surface area (Å²) in [6, 6.07) is 6.88. The summed E-state index contributed by atoms with van der Waals surface area (Å²) >= 11 is 0. The van der Waals surface area contributed by atoms with Crippen LogP contribution in [0.3, 0.4) is 0 Å². The molecule has 0 bridgehead atoms. The van der Waals surface area contributed by atoms with Crippen LogP contribution in [0.25, 0.3) is 0 Å². The first-order valence-electron chi connectivity index (χ1n) is 7.57. The average Bonchev–Trinajstić information content (AvgIpc) is 2.38. The number of halogens is 1. The zero-order valence-corrected chi connectivity index (χ0v) is 13.0. The summed E-state index contributed by atoms with van der Waals surface area (Å²) in [5.41, 5.74) is 7.41. The summed E-state index contributed by atoms with van der Waals surface area (Å²) in [6.45, 7) is 6.05. The molecule has 1 unspecified atom stereocenters. The smallest absolute Gasteiger partial charge is 0.123 e. The van der Waals surface area contributed by atoms with Crippen molar-refractivity contribution in [2.75, 3.05) is 13.6 Å². The van der Waals surface area contributed by atoms with Crippen molar-refractivity contribution in [2.45, 2.75) is 51.6 Å². The largest absolute Gasteiger partial charge is 0.329 e.